The Morgan fingerprint density at radius 2 is 2.07 bits per heavy atom. The van der Waals surface area contributed by atoms with Crippen molar-refractivity contribution < 1.29 is 18.0 Å². The lowest BCUT2D eigenvalue weighted by atomic mass is 10.2. The Hall–Kier alpha value is -1.43. The van der Waals surface area contributed by atoms with Crippen molar-refractivity contribution in [2.45, 2.75) is 12.7 Å². The smallest absolute Gasteiger partial charge is 0.326 e. The highest BCUT2D eigenvalue weighted by Crippen LogP contribution is 2.28. The van der Waals surface area contributed by atoms with Gasteiger partial charge in [0.2, 0.25) is 0 Å². The molecule has 3 nitrogen and oxygen atoms in total. The predicted octanol–water partition coefficient (Wildman–Crippen LogP) is 1.37. The third-order valence-electron chi connectivity index (χ3n) is 1.55. The van der Waals surface area contributed by atoms with E-state index < -0.39 is 11.9 Å². The van der Waals surface area contributed by atoms with Crippen molar-refractivity contribution in [2.24, 2.45) is 5.73 Å². The molecule has 2 N–H and O–H groups in total. The van der Waals surface area contributed by atoms with E-state index in [9.17, 15) is 18.0 Å². The number of nitrogens with two attached hydrogens (primary N) is 1. The van der Waals surface area contributed by atoms with Crippen molar-refractivity contribution in [3.63, 3.8) is 0 Å². The Morgan fingerprint density at radius 3 is 2.50 bits per heavy atom. The lowest BCUT2D eigenvalue weighted by Gasteiger charge is -2.07. The molecule has 0 saturated heterocycles. The fraction of sp³-hybridized carbons (Fsp3) is 0.250. The third kappa shape index (κ3) is 2.29. The number of pyridine rings is 1. The maximum atomic E-state index is 12.2. The summed E-state index contributed by atoms with van der Waals surface area (Å²) in [5.41, 5.74) is 4.05. The molecule has 1 aromatic heterocycles. The zero-order valence-electron chi connectivity index (χ0n) is 7.01. The molecule has 0 bridgehead atoms. The molecule has 0 aliphatic carbocycles. The summed E-state index contributed by atoms with van der Waals surface area (Å²) >= 11 is 0. The van der Waals surface area contributed by atoms with Gasteiger partial charge in [-0.25, -0.2) is 4.98 Å². The van der Waals surface area contributed by atoms with Gasteiger partial charge in [0.1, 0.15) is 11.4 Å². The summed E-state index contributed by atoms with van der Waals surface area (Å²) in [7, 11) is 0. The number of nitrogens with zero attached hydrogens (tertiary/aromatic N) is 1. The van der Waals surface area contributed by atoms with Crippen molar-refractivity contribution in [2.75, 3.05) is 0 Å². The molecule has 76 valence electrons. The highest BCUT2D eigenvalue weighted by molar-refractivity contribution is 5.72. The fourth-order valence-corrected chi connectivity index (χ4v) is 0.934. The van der Waals surface area contributed by atoms with Gasteiger partial charge in [-0.15, -0.1) is 0 Å². The minimum absolute atomic E-state index is 0.0631. The second-order valence-electron chi connectivity index (χ2n) is 2.61. The first kappa shape index (κ1) is 10.6. The number of carbonyl (C=O) groups is 1. The summed E-state index contributed by atoms with van der Waals surface area (Å²) in [4.78, 5) is 13.4. The molecule has 14 heavy (non-hydrogen) atoms. The Morgan fingerprint density at radius 1 is 1.43 bits per heavy atom. The number of aldehydes is 1. The Balaban J connectivity index is 3.24. The molecule has 0 saturated carbocycles. The fourth-order valence-electron chi connectivity index (χ4n) is 0.934. The Labute approximate surface area is 77.7 Å². The van der Waals surface area contributed by atoms with Crippen molar-refractivity contribution in [3.8, 4) is 0 Å². The van der Waals surface area contributed by atoms with Gasteiger partial charge in [0.15, 0.2) is 6.29 Å². The largest absolute Gasteiger partial charge is 0.433 e. The molecule has 0 aromatic carbocycles. The van der Waals surface area contributed by atoms with E-state index in [0.29, 0.717) is 0 Å². The van der Waals surface area contributed by atoms with E-state index in [1.165, 1.54) is 6.07 Å². The molecule has 1 rings (SSSR count). The van der Waals surface area contributed by atoms with Gasteiger partial charge in [0.05, 0.1) is 0 Å². The summed E-state index contributed by atoms with van der Waals surface area (Å²) in [6.45, 7) is -0.0631. The number of alkyl halides is 3. The van der Waals surface area contributed by atoms with E-state index in [4.69, 9.17) is 5.73 Å². The van der Waals surface area contributed by atoms with Gasteiger partial charge in [-0.05, 0) is 17.7 Å². The normalized spacial score (nSPS) is 11.4. The molecular weight excluding hydrogens is 197 g/mol. The molecular formula is C8H7F3N2O. The summed E-state index contributed by atoms with van der Waals surface area (Å²) in [6.07, 6.45) is -4.29. The molecule has 0 fully saturated rings. The average Bonchev–Trinajstić information content (AvgIpc) is 2.15. The van der Waals surface area contributed by atoms with Gasteiger partial charge >= 0.3 is 6.18 Å². The molecule has 1 aromatic rings. The number of rotatable bonds is 2. The molecule has 6 heteroatoms. The van der Waals surface area contributed by atoms with E-state index in [0.717, 1.165) is 6.07 Å². The van der Waals surface area contributed by atoms with Crippen molar-refractivity contribution in [3.05, 3.63) is 29.1 Å². The quantitative estimate of drug-likeness (QED) is 0.740. The van der Waals surface area contributed by atoms with E-state index >= 15 is 0 Å². The summed E-state index contributed by atoms with van der Waals surface area (Å²) in [5, 5.41) is 0. The highest BCUT2D eigenvalue weighted by Gasteiger charge is 2.33. The van der Waals surface area contributed by atoms with Crippen LogP contribution in [0, 0.1) is 0 Å². The van der Waals surface area contributed by atoms with Gasteiger partial charge in [0.25, 0.3) is 0 Å². The summed E-state index contributed by atoms with van der Waals surface area (Å²) in [5.74, 6) is 0. The van der Waals surface area contributed by atoms with Crippen LogP contribution in [0.5, 0.6) is 0 Å². The maximum absolute atomic E-state index is 12.2. The average molecular weight is 204 g/mol. The maximum Gasteiger partial charge on any atom is 0.433 e. The molecule has 0 unspecified atom stereocenters. The van der Waals surface area contributed by atoms with Gasteiger partial charge in [0, 0.05) is 6.54 Å². The SMILES string of the molecule is NCc1cc(C=O)nc(C(F)(F)F)c1. The monoisotopic (exact) mass is 204 g/mol. The lowest BCUT2D eigenvalue weighted by Crippen LogP contribution is -2.11. The van der Waals surface area contributed by atoms with Crippen LogP contribution in [-0.4, -0.2) is 11.3 Å². The van der Waals surface area contributed by atoms with E-state index in [-0.39, 0.29) is 24.1 Å². The van der Waals surface area contributed by atoms with Crippen LogP contribution in [-0.2, 0) is 12.7 Å². The molecule has 1 heterocycles. The summed E-state index contributed by atoms with van der Waals surface area (Å²) in [6, 6.07) is 2.05. The lowest BCUT2D eigenvalue weighted by molar-refractivity contribution is -0.141. The van der Waals surface area contributed by atoms with Crippen LogP contribution in [0.25, 0.3) is 0 Å². The standard InChI is InChI=1S/C8H7F3N2O/c9-8(10,11)7-2-5(3-12)1-6(4-14)13-7/h1-2,4H,3,12H2. The third-order valence-corrected chi connectivity index (χ3v) is 1.55. The number of halogens is 3. The zero-order chi connectivity index (χ0) is 10.8. The van der Waals surface area contributed by atoms with Crippen LogP contribution in [0.15, 0.2) is 12.1 Å². The van der Waals surface area contributed by atoms with Gasteiger partial charge in [-0.3, -0.25) is 4.79 Å². The van der Waals surface area contributed by atoms with Crippen LogP contribution in [0.3, 0.4) is 0 Å². The topological polar surface area (TPSA) is 56.0 Å². The first-order valence-electron chi connectivity index (χ1n) is 3.71. The van der Waals surface area contributed by atoms with Crippen molar-refractivity contribution in [1.29, 1.82) is 0 Å². The first-order chi connectivity index (χ1) is 6.47. The number of carbonyl (C=O) groups excluding carboxylic acids is 1. The van der Waals surface area contributed by atoms with Crippen LogP contribution >= 0.6 is 0 Å². The number of aromatic nitrogens is 1. The van der Waals surface area contributed by atoms with Crippen LogP contribution in [0.2, 0.25) is 0 Å². The predicted molar refractivity (Wildman–Crippen MR) is 42.5 cm³/mol. The number of hydrogen-bond donors (Lipinski definition) is 1. The van der Waals surface area contributed by atoms with E-state index in [1.54, 1.807) is 0 Å². The Bertz CT molecular complexity index is 349. The highest BCUT2D eigenvalue weighted by atomic mass is 19.4. The molecule has 0 atom stereocenters. The molecule has 0 radical (unpaired) electrons. The minimum atomic E-state index is -4.55. The van der Waals surface area contributed by atoms with Crippen LogP contribution in [0.4, 0.5) is 13.2 Å². The van der Waals surface area contributed by atoms with Crippen LogP contribution in [0.1, 0.15) is 21.7 Å². The zero-order valence-corrected chi connectivity index (χ0v) is 7.01. The Kier molecular flexibility index (Phi) is 2.85. The second-order valence-corrected chi connectivity index (χ2v) is 2.61. The second kappa shape index (κ2) is 3.75. The van der Waals surface area contributed by atoms with E-state index in [2.05, 4.69) is 4.98 Å². The molecule has 0 aliphatic rings. The van der Waals surface area contributed by atoms with E-state index in [1.807, 2.05) is 0 Å². The molecule has 0 spiro atoms. The summed E-state index contributed by atoms with van der Waals surface area (Å²) < 4.78 is 36.6. The molecule has 0 amide bonds. The number of hydrogen-bond acceptors (Lipinski definition) is 3. The minimum Gasteiger partial charge on any atom is -0.326 e. The van der Waals surface area contributed by atoms with Crippen molar-refractivity contribution >= 4 is 6.29 Å². The van der Waals surface area contributed by atoms with Gasteiger partial charge in [-0.1, -0.05) is 0 Å². The van der Waals surface area contributed by atoms with Gasteiger partial charge < -0.3 is 5.73 Å². The van der Waals surface area contributed by atoms with Crippen molar-refractivity contribution in [1.82, 2.24) is 4.98 Å². The van der Waals surface area contributed by atoms with Crippen LogP contribution < -0.4 is 5.73 Å². The molecule has 0 aliphatic heterocycles. The first-order valence-corrected chi connectivity index (χ1v) is 3.71. The van der Waals surface area contributed by atoms with Gasteiger partial charge in [-0.2, -0.15) is 13.2 Å².